The van der Waals surface area contributed by atoms with Gasteiger partial charge in [0, 0.05) is 24.1 Å². The number of aromatic nitrogens is 1. The Kier molecular flexibility index (Phi) is 17.3. The fourth-order valence-electron chi connectivity index (χ4n) is 5.82. The summed E-state index contributed by atoms with van der Waals surface area (Å²) in [5.41, 5.74) is 4.95. The molecule has 0 radical (unpaired) electrons. The van der Waals surface area contributed by atoms with E-state index < -0.39 is 0 Å². The van der Waals surface area contributed by atoms with Gasteiger partial charge >= 0.3 is 0 Å². The lowest BCUT2D eigenvalue weighted by Crippen LogP contribution is -2.32. The van der Waals surface area contributed by atoms with E-state index in [9.17, 15) is 0 Å². The van der Waals surface area contributed by atoms with E-state index in [-0.39, 0.29) is 6.29 Å². The number of benzene rings is 1. The van der Waals surface area contributed by atoms with Crippen LogP contribution in [0.5, 0.6) is 0 Å². The largest absolute Gasteiger partial charge is 0.352 e. The Balaban J connectivity index is 1.25. The van der Waals surface area contributed by atoms with Gasteiger partial charge < -0.3 is 9.47 Å². The number of unbranched alkanes of at least 4 members (excludes halogenated alkanes) is 14. The number of hydrogen-bond donors (Lipinski definition) is 0. The molecule has 1 saturated heterocycles. The van der Waals surface area contributed by atoms with Crippen LogP contribution in [0.2, 0.25) is 0 Å². The van der Waals surface area contributed by atoms with Gasteiger partial charge in [0.2, 0.25) is 0 Å². The Morgan fingerprint density at radius 1 is 0.575 bits per heavy atom. The summed E-state index contributed by atoms with van der Waals surface area (Å²) < 4.78 is 12.1. The first kappa shape index (κ1) is 32.8. The van der Waals surface area contributed by atoms with E-state index in [1.807, 2.05) is 6.20 Å². The molecule has 40 heavy (non-hydrogen) atoms. The second kappa shape index (κ2) is 21.1. The Hall–Kier alpha value is -1.71. The summed E-state index contributed by atoms with van der Waals surface area (Å²) in [7, 11) is 0. The van der Waals surface area contributed by atoms with E-state index in [1.54, 1.807) is 0 Å². The summed E-state index contributed by atoms with van der Waals surface area (Å²) in [4.78, 5) is 4.76. The van der Waals surface area contributed by atoms with E-state index >= 15 is 0 Å². The predicted octanol–water partition coefficient (Wildman–Crippen LogP) is 10.9. The Morgan fingerprint density at radius 2 is 1.12 bits per heavy atom. The average molecular weight is 550 g/mol. The van der Waals surface area contributed by atoms with Crippen LogP contribution >= 0.6 is 0 Å². The highest BCUT2D eigenvalue weighted by Gasteiger charge is 2.21. The summed E-state index contributed by atoms with van der Waals surface area (Å²) in [5, 5.41) is 0. The molecule has 0 bridgehead atoms. The topological polar surface area (TPSA) is 31.4 Å². The minimum Gasteiger partial charge on any atom is -0.352 e. The van der Waals surface area contributed by atoms with Gasteiger partial charge in [-0.1, -0.05) is 140 Å². The zero-order valence-electron chi connectivity index (χ0n) is 26.0. The fourth-order valence-corrected chi connectivity index (χ4v) is 5.82. The van der Waals surface area contributed by atoms with Crippen LogP contribution in [0.3, 0.4) is 0 Å². The Labute approximate surface area is 246 Å². The molecule has 1 aliphatic rings. The number of nitrogens with zero attached hydrogens (tertiary/aromatic N) is 1. The minimum atomic E-state index is -0.0666. The number of pyridine rings is 1. The van der Waals surface area contributed by atoms with Crippen molar-refractivity contribution >= 4 is 0 Å². The van der Waals surface area contributed by atoms with Crippen LogP contribution in [-0.4, -0.2) is 24.5 Å². The van der Waals surface area contributed by atoms with Crippen LogP contribution < -0.4 is 0 Å². The van der Waals surface area contributed by atoms with E-state index in [1.165, 1.54) is 132 Å². The molecule has 1 aromatic heterocycles. The summed E-state index contributed by atoms with van der Waals surface area (Å²) >= 11 is 0. The van der Waals surface area contributed by atoms with Gasteiger partial charge in [-0.05, 0) is 42.9 Å². The molecule has 3 nitrogen and oxygen atoms in total. The molecule has 1 aromatic carbocycles. The van der Waals surface area contributed by atoms with Gasteiger partial charge in [-0.2, -0.15) is 0 Å². The third kappa shape index (κ3) is 13.8. The molecule has 1 fully saturated rings. The van der Waals surface area contributed by atoms with Crippen LogP contribution in [0.25, 0.3) is 11.3 Å². The standard InChI is InChI=1S/C37H59NO2/c1-3-5-7-9-11-13-15-17-19-32-21-25-35(26-22-32)36-27-23-33(29-38-36)24-28-37-39-30-34(31-40-37)20-18-16-14-12-10-8-6-4-2/h21-23,25-27,29,34,37H,3-20,24,28,30-31H2,1-2H3. The van der Waals surface area contributed by atoms with E-state index in [4.69, 9.17) is 14.5 Å². The lowest BCUT2D eigenvalue weighted by Gasteiger charge is -2.29. The van der Waals surface area contributed by atoms with Crippen molar-refractivity contribution in [2.24, 2.45) is 5.92 Å². The van der Waals surface area contributed by atoms with Crippen LogP contribution in [0.1, 0.15) is 141 Å². The molecule has 3 rings (SSSR count). The van der Waals surface area contributed by atoms with Crippen molar-refractivity contribution in [2.75, 3.05) is 13.2 Å². The zero-order valence-corrected chi connectivity index (χ0v) is 26.0. The van der Waals surface area contributed by atoms with E-state index in [0.29, 0.717) is 5.92 Å². The van der Waals surface area contributed by atoms with Gasteiger partial charge in [0.1, 0.15) is 0 Å². The molecule has 0 saturated carbocycles. The van der Waals surface area contributed by atoms with Crippen LogP contribution in [0.4, 0.5) is 0 Å². The van der Waals surface area contributed by atoms with Crippen molar-refractivity contribution in [1.29, 1.82) is 0 Å². The second-order valence-corrected chi connectivity index (χ2v) is 12.2. The maximum atomic E-state index is 6.06. The smallest absolute Gasteiger partial charge is 0.157 e. The van der Waals surface area contributed by atoms with Gasteiger partial charge in [0.25, 0.3) is 0 Å². The first-order valence-corrected chi connectivity index (χ1v) is 17.1. The molecule has 2 aromatic rings. The SMILES string of the molecule is CCCCCCCCCCc1ccc(-c2ccc(CCC3OCC(CCCCCCCCCC)CO3)cn2)cc1. The maximum absolute atomic E-state index is 6.06. The molecule has 0 spiro atoms. The van der Waals surface area contributed by atoms with Crippen molar-refractivity contribution in [2.45, 2.75) is 149 Å². The molecule has 0 amide bonds. The monoisotopic (exact) mass is 549 g/mol. The summed E-state index contributed by atoms with van der Waals surface area (Å²) in [5.74, 6) is 0.573. The summed E-state index contributed by atoms with van der Waals surface area (Å²) in [6.45, 7) is 6.28. The normalized spacial score (nSPS) is 17.4. The fraction of sp³-hybridized carbons (Fsp3) is 0.703. The highest BCUT2D eigenvalue weighted by Crippen LogP contribution is 2.23. The molecular formula is C37H59NO2. The van der Waals surface area contributed by atoms with Crippen LogP contribution in [0, 0.1) is 5.92 Å². The van der Waals surface area contributed by atoms with Crippen LogP contribution in [0.15, 0.2) is 42.6 Å². The Bertz CT molecular complexity index is 855. The average Bonchev–Trinajstić information content (AvgIpc) is 3.00. The van der Waals surface area contributed by atoms with E-state index in [2.05, 4.69) is 50.2 Å². The molecule has 224 valence electrons. The van der Waals surface area contributed by atoms with Crippen molar-refractivity contribution in [3.05, 3.63) is 53.7 Å². The highest BCUT2D eigenvalue weighted by molar-refractivity contribution is 5.59. The lowest BCUT2D eigenvalue weighted by atomic mass is 10.0. The van der Waals surface area contributed by atoms with Gasteiger partial charge in [0.05, 0.1) is 18.9 Å². The lowest BCUT2D eigenvalue weighted by molar-refractivity contribution is -0.203. The molecule has 3 heteroatoms. The number of aryl methyl sites for hydroxylation is 2. The van der Waals surface area contributed by atoms with E-state index in [0.717, 1.165) is 31.7 Å². The third-order valence-corrected chi connectivity index (χ3v) is 8.56. The zero-order chi connectivity index (χ0) is 28.1. The Morgan fingerprint density at radius 3 is 1.70 bits per heavy atom. The van der Waals surface area contributed by atoms with Gasteiger partial charge in [0.15, 0.2) is 6.29 Å². The molecule has 0 unspecified atom stereocenters. The number of hydrogen-bond acceptors (Lipinski definition) is 3. The summed E-state index contributed by atoms with van der Waals surface area (Å²) in [6.07, 6.45) is 28.3. The third-order valence-electron chi connectivity index (χ3n) is 8.56. The quantitative estimate of drug-likeness (QED) is 0.137. The maximum Gasteiger partial charge on any atom is 0.157 e. The molecule has 0 aliphatic carbocycles. The first-order chi connectivity index (χ1) is 19.8. The highest BCUT2D eigenvalue weighted by atomic mass is 16.7. The predicted molar refractivity (Wildman–Crippen MR) is 171 cm³/mol. The van der Waals surface area contributed by atoms with Crippen LogP contribution in [-0.2, 0) is 22.3 Å². The van der Waals surface area contributed by atoms with Gasteiger partial charge in [-0.25, -0.2) is 0 Å². The second-order valence-electron chi connectivity index (χ2n) is 12.2. The van der Waals surface area contributed by atoms with Gasteiger partial charge in [-0.15, -0.1) is 0 Å². The first-order valence-electron chi connectivity index (χ1n) is 17.1. The molecular weight excluding hydrogens is 490 g/mol. The molecule has 2 heterocycles. The van der Waals surface area contributed by atoms with Crippen molar-refractivity contribution in [3.63, 3.8) is 0 Å². The van der Waals surface area contributed by atoms with Crippen molar-refractivity contribution < 1.29 is 9.47 Å². The molecule has 0 atom stereocenters. The minimum absolute atomic E-state index is 0.0666. The number of ether oxygens (including phenoxy) is 2. The molecule has 1 aliphatic heterocycles. The van der Waals surface area contributed by atoms with Crippen molar-refractivity contribution in [1.82, 2.24) is 4.98 Å². The van der Waals surface area contributed by atoms with Crippen molar-refractivity contribution in [3.8, 4) is 11.3 Å². The summed E-state index contributed by atoms with van der Waals surface area (Å²) in [6, 6.07) is 13.4. The number of rotatable bonds is 22. The van der Waals surface area contributed by atoms with Gasteiger partial charge in [-0.3, -0.25) is 4.98 Å². The molecule has 0 N–H and O–H groups in total.